The lowest BCUT2D eigenvalue weighted by Crippen LogP contribution is -2.57. The first-order chi connectivity index (χ1) is 20.9. The van der Waals surface area contributed by atoms with E-state index in [1.165, 1.54) is 6.92 Å². The van der Waals surface area contributed by atoms with Crippen LogP contribution >= 0.6 is 0 Å². The summed E-state index contributed by atoms with van der Waals surface area (Å²) in [5, 5.41) is 2.86. The number of rotatable bonds is 2. The number of hydrogen-bond acceptors (Lipinski definition) is 8. The van der Waals surface area contributed by atoms with Crippen molar-refractivity contribution in [2.75, 3.05) is 13.7 Å². The van der Waals surface area contributed by atoms with Crippen LogP contribution in [-0.2, 0) is 19.7 Å². The van der Waals surface area contributed by atoms with E-state index >= 15 is 0 Å². The summed E-state index contributed by atoms with van der Waals surface area (Å²) in [6.45, 7) is 9.37. The van der Waals surface area contributed by atoms with Gasteiger partial charge in [0.15, 0.2) is 5.78 Å². The van der Waals surface area contributed by atoms with Crippen molar-refractivity contribution >= 4 is 28.8 Å². The molecule has 1 N–H and O–H groups in total. The monoisotopic (exact) mass is 606 g/mol. The molecule has 238 valence electrons. The number of alkyl carbamates (subject to hydrolysis) is 1. The molecule has 2 bridgehead atoms. The van der Waals surface area contributed by atoms with Crippen LogP contribution in [-0.4, -0.2) is 70.6 Å². The van der Waals surface area contributed by atoms with E-state index in [0.717, 1.165) is 62.6 Å². The van der Waals surface area contributed by atoms with Crippen LogP contribution in [0.4, 0.5) is 4.79 Å². The predicted octanol–water partition coefficient (Wildman–Crippen LogP) is 5.35. The molecule has 4 aliphatic rings. The zero-order valence-corrected chi connectivity index (χ0v) is 26.9. The highest BCUT2D eigenvalue weighted by Crippen LogP contribution is 2.54. The van der Waals surface area contributed by atoms with Crippen molar-refractivity contribution in [3.63, 3.8) is 0 Å². The Morgan fingerprint density at radius 2 is 1.82 bits per heavy atom. The van der Waals surface area contributed by atoms with Crippen LogP contribution in [0.5, 0.6) is 11.6 Å². The van der Waals surface area contributed by atoms with Gasteiger partial charge in [0.1, 0.15) is 29.7 Å². The van der Waals surface area contributed by atoms with Crippen molar-refractivity contribution in [3.05, 3.63) is 23.9 Å². The summed E-state index contributed by atoms with van der Waals surface area (Å²) in [6.07, 6.45) is 7.02. The minimum absolute atomic E-state index is 0.0877. The van der Waals surface area contributed by atoms with E-state index in [1.54, 1.807) is 12.0 Å². The van der Waals surface area contributed by atoms with Gasteiger partial charge in [0.2, 0.25) is 11.8 Å². The number of nitrogens with zero attached hydrogens (tertiary/aromatic N) is 3. The molecule has 0 radical (unpaired) electrons. The Kier molecular flexibility index (Phi) is 7.99. The molecule has 0 unspecified atom stereocenters. The smallest absolute Gasteiger partial charge is 0.408 e. The molecule has 1 aromatic heterocycles. The molecule has 2 saturated carbocycles. The second-order valence-corrected chi connectivity index (χ2v) is 14.6. The van der Waals surface area contributed by atoms with E-state index in [4.69, 9.17) is 24.2 Å². The van der Waals surface area contributed by atoms with E-state index in [-0.39, 0.29) is 35.7 Å². The van der Waals surface area contributed by atoms with E-state index in [1.807, 2.05) is 45.9 Å². The Labute approximate surface area is 259 Å². The fourth-order valence-electron chi connectivity index (χ4n) is 7.21. The predicted molar refractivity (Wildman–Crippen MR) is 165 cm³/mol. The molecule has 3 heterocycles. The summed E-state index contributed by atoms with van der Waals surface area (Å²) in [5.74, 6) is 0.794. The zero-order chi connectivity index (χ0) is 31.4. The third-order valence-corrected chi connectivity index (χ3v) is 10.2. The van der Waals surface area contributed by atoms with Gasteiger partial charge in [-0.3, -0.25) is 9.59 Å². The highest BCUT2D eigenvalue weighted by Gasteiger charge is 2.52. The highest BCUT2D eigenvalue weighted by molar-refractivity contribution is 5.92. The normalized spacial score (nSPS) is 30.5. The second kappa shape index (κ2) is 11.5. The molecular weight excluding hydrogens is 560 g/mol. The molecule has 1 spiro atoms. The third kappa shape index (κ3) is 5.96. The summed E-state index contributed by atoms with van der Waals surface area (Å²) in [5.41, 5.74) is 1.64. The third-order valence-electron chi connectivity index (χ3n) is 10.2. The van der Waals surface area contributed by atoms with E-state index < -0.39 is 29.7 Å². The number of benzene rings is 1. The molecule has 2 aliphatic heterocycles. The van der Waals surface area contributed by atoms with Crippen molar-refractivity contribution in [3.8, 4) is 11.6 Å². The standard InChI is InChI=1S/C34H46N4O6/c1-19-26-18-38(27(19)20(2)39)31(40)29(33(3,4)5)37-32(41)44-25-16-21(25)10-8-7-9-13-34(14-15-34)28-30(43-26)36-24-17-22(42-6)11-12-23(24)35-28/h11-12,17,19,21,25-27,29H,7-10,13-16,18H2,1-6H3,(H,37,41)/t19-,21-,25-,26+,27+,29-/m1/s1. The van der Waals surface area contributed by atoms with Crippen molar-refractivity contribution < 1.29 is 28.6 Å². The lowest BCUT2D eigenvalue weighted by molar-refractivity contribution is -0.141. The number of nitrogens with one attached hydrogen (secondary N) is 1. The lowest BCUT2D eigenvalue weighted by atomic mass is 9.85. The molecular formula is C34H46N4O6. The maximum atomic E-state index is 14.2. The maximum absolute atomic E-state index is 14.2. The van der Waals surface area contributed by atoms with Crippen LogP contribution < -0.4 is 14.8 Å². The Hall–Kier alpha value is -3.43. The van der Waals surface area contributed by atoms with Crippen molar-refractivity contribution in [2.24, 2.45) is 17.3 Å². The number of hydrogen-bond donors (Lipinski definition) is 1. The maximum Gasteiger partial charge on any atom is 0.408 e. The first-order valence-electron chi connectivity index (χ1n) is 16.2. The van der Waals surface area contributed by atoms with Crippen molar-refractivity contribution in [2.45, 2.75) is 116 Å². The van der Waals surface area contributed by atoms with Crippen LogP contribution in [0.1, 0.15) is 91.7 Å². The fraction of sp³-hybridized carbons (Fsp3) is 0.676. The first kappa shape index (κ1) is 30.6. The number of fused-ring (bicyclic) bond motifs is 6. The van der Waals surface area contributed by atoms with Crippen molar-refractivity contribution in [1.29, 1.82) is 0 Å². The molecule has 10 heteroatoms. The first-order valence-corrected chi connectivity index (χ1v) is 16.2. The van der Waals surface area contributed by atoms with Gasteiger partial charge in [0, 0.05) is 17.4 Å². The molecule has 10 nitrogen and oxygen atoms in total. The van der Waals surface area contributed by atoms with Crippen LogP contribution in [0.3, 0.4) is 0 Å². The van der Waals surface area contributed by atoms with Crippen LogP contribution in [0.25, 0.3) is 11.0 Å². The average Bonchev–Trinajstić information content (AvgIpc) is 3.88. The largest absolute Gasteiger partial charge is 0.497 e. The fourth-order valence-corrected chi connectivity index (χ4v) is 7.21. The second-order valence-electron chi connectivity index (χ2n) is 14.6. The Morgan fingerprint density at radius 1 is 1.05 bits per heavy atom. The molecule has 1 aromatic carbocycles. The number of carbonyl (C=O) groups is 3. The highest BCUT2D eigenvalue weighted by atomic mass is 16.6. The van der Waals surface area contributed by atoms with Crippen molar-refractivity contribution in [1.82, 2.24) is 20.2 Å². The summed E-state index contributed by atoms with van der Waals surface area (Å²) in [7, 11) is 1.62. The number of methoxy groups -OCH3 is 1. The van der Waals surface area contributed by atoms with Gasteiger partial charge >= 0.3 is 6.09 Å². The number of Topliss-reactive ketones (excluding diaryl/α,β-unsaturated/α-hetero) is 1. The zero-order valence-electron chi connectivity index (χ0n) is 26.9. The summed E-state index contributed by atoms with van der Waals surface area (Å²) >= 11 is 0. The molecule has 6 atom stereocenters. The van der Waals surface area contributed by atoms with Gasteiger partial charge in [-0.1, -0.05) is 47.0 Å². The van der Waals surface area contributed by atoms with Gasteiger partial charge in [0.25, 0.3) is 0 Å². The minimum atomic E-state index is -0.875. The average molecular weight is 607 g/mol. The van der Waals surface area contributed by atoms with Crippen LogP contribution in [0.2, 0.25) is 0 Å². The Balaban J connectivity index is 1.39. The number of ether oxygens (including phenoxy) is 3. The molecule has 6 rings (SSSR count). The molecule has 44 heavy (non-hydrogen) atoms. The lowest BCUT2D eigenvalue weighted by Gasteiger charge is -2.35. The van der Waals surface area contributed by atoms with Crippen LogP contribution in [0, 0.1) is 17.3 Å². The van der Waals surface area contributed by atoms with Gasteiger partial charge in [0.05, 0.1) is 30.7 Å². The minimum Gasteiger partial charge on any atom is -0.497 e. The number of aromatic nitrogens is 2. The SMILES string of the molecule is COc1ccc2nc3c(nc2c1)O[C@H]1CN(C(=O)[C@H](C(C)(C)C)NC(=O)O[C@@H]2C[C@H]2CCCCCC32CC2)[C@H](C(C)=O)[C@@H]1C. The number of amides is 2. The molecule has 2 amide bonds. The van der Waals surface area contributed by atoms with Gasteiger partial charge in [-0.2, -0.15) is 0 Å². The van der Waals surface area contributed by atoms with Gasteiger partial charge in [-0.05, 0) is 62.5 Å². The summed E-state index contributed by atoms with van der Waals surface area (Å²) in [6, 6.07) is 4.12. The van der Waals surface area contributed by atoms with Crippen LogP contribution in [0.15, 0.2) is 18.2 Å². The van der Waals surface area contributed by atoms with Gasteiger partial charge in [-0.15, -0.1) is 0 Å². The summed E-state index contributed by atoms with van der Waals surface area (Å²) < 4.78 is 17.9. The van der Waals surface area contributed by atoms with E-state index in [9.17, 15) is 14.4 Å². The van der Waals surface area contributed by atoms with Gasteiger partial charge < -0.3 is 24.4 Å². The molecule has 1 saturated heterocycles. The molecule has 3 fully saturated rings. The molecule has 2 aliphatic carbocycles. The number of carbonyl (C=O) groups excluding carboxylic acids is 3. The number of ketones is 1. The Morgan fingerprint density at radius 3 is 2.50 bits per heavy atom. The van der Waals surface area contributed by atoms with E-state index in [0.29, 0.717) is 23.1 Å². The Bertz CT molecular complexity index is 1450. The van der Waals surface area contributed by atoms with Gasteiger partial charge in [-0.25, -0.2) is 14.8 Å². The topological polar surface area (TPSA) is 120 Å². The summed E-state index contributed by atoms with van der Waals surface area (Å²) in [4.78, 5) is 52.0. The molecule has 2 aromatic rings. The quantitative estimate of drug-likeness (QED) is 0.486. The van der Waals surface area contributed by atoms with E-state index in [2.05, 4.69) is 5.32 Å².